The zero-order valence-corrected chi connectivity index (χ0v) is 25.6. The molecule has 0 spiro atoms. The second-order valence-corrected chi connectivity index (χ2v) is 17.5. The maximum Gasteiger partial charge on any atom is -0.0860 e. The Labute approximate surface area is 237 Å². The van der Waals surface area contributed by atoms with Gasteiger partial charge in [-0.05, 0) is 41.8 Å². The van der Waals surface area contributed by atoms with Crippen molar-refractivity contribution in [2.24, 2.45) is 0 Å². The Kier molecular flexibility index (Phi) is 14.3. The Morgan fingerprint density at radius 1 is 0.857 bits per heavy atom. The summed E-state index contributed by atoms with van der Waals surface area (Å²) in [6.45, 7) is 8.89. The summed E-state index contributed by atoms with van der Waals surface area (Å²) in [5, 5.41) is 2.52. The fourth-order valence-corrected chi connectivity index (χ4v) is 3.47. The van der Waals surface area contributed by atoms with Crippen LogP contribution in [0.25, 0.3) is 33.3 Å². The summed E-state index contributed by atoms with van der Waals surface area (Å²) in [7, 11) is 0. The first-order valence-corrected chi connectivity index (χ1v) is 17.4. The molecule has 0 aliphatic heterocycles. The van der Waals surface area contributed by atoms with E-state index in [0.29, 0.717) is 0 Å². The number of fused-ring (bicyclic) bond motifs is 1. The summed E-state index contributed by atoms with van der Waals surface area (Å²) >= 11 is 1.74. The molecule has 0 aliphatic rings. The van der Waals surface area contributed by atoms with Gasteiger partial charge in [-0.25, -0.2) is 12.1 Å². The van der Waals surface area contributed by atoms with Crippen LogP contribution in [0.4, 0.5) is 0 Å². The molecule has 0 unspecified atom stereocenters. The average molecular weight is 597 g/mol. The van der Waals surface area contributed by atoms with Crippen LogP contribution in [0.3, 0.4) is 0 Å². The van der Waals surface area contributed by atoms with Gasteiger partial charge in [-0.3, -0.25) is 9.97 Å². The Bertz CT molecular complexity index is 1280. The topological polar surface area (TPSA) is 25.8 Å². The van der Waals surface area contributed by atoms with Gasteiger partial charge >= 0.3 is 41.9 Å². The molecule has 2 aromatic heterocycles. The Hall–Kier alpha value is -1.84. The maximum atomic E-state index is 4.55. The van der Waals surface area contributed by atoms with E-state index in [0.717, 1.165) is 23.4 Å². The molecular weight excluding hydrogens is 567 g/mol. The number of aromatic nitrogens is 2. The molecule has 2 nitrogen and oxygen atoms in total. The molecule has 0 radical (unpaired) electrons. The molecule has 0 N–H and O–H groups in total. The monoisotopic (exact) mass is 594 g/mol. The summed E-state index contributed by atoms with van der Waals surface area (Å²) in [4.78, 5) is 9.05. The predicted molar refractivity (Wildman–Crippen MR) is 140 cm³/mol. The van der Waals surface area contributed by atoms with Gasteiger partial charge in [-0.15, -0.1) is 28.5 Å². The molecule has 0 saturated heterocycles. The largest absolute Gasteiger partial charge is 1.00 e. The number of nitrogens with zero attached hydrogens (tertiary/aromatic N) is 2. The molecule has 3 aromatic carbocycles. The number of hydrogen-bond donors (Lipinski definition) is 0. The van der Waals surface area contributed by atoms with Gasteiger partial charge in [0, 0.05) is 12.4 Å². The van der Waals surface area contributed by atoms with Crippen molar-refractivity contribution in [1.29, 1.82) is 0 Å². The summed E-state index contributed by atoms with van der Waals surface area (Å²) in [6.07, 6.45) is 4.72. The molecule has 35 heavy (non-hydrogen) atoms. The number of aryl methyl sites for hydroxylation is 2. The van der Waals surface area contributed by atoms with Crippen LogP contribution in [-0.2, 0) is 29.8 Å². The van der Waals surface area contributed by atoms with Gasteiger partial charge in [0.2, 0.25) is 0 Å². The van der Waals surface area contributed by atoms with Crippen molar-refractivity contribution in [3.8, 4) is 22.5 Å². The minimum atomic E-state index is 0. The van der Waals surface area contributed by atoms with Gasteiger partial charge in [0.25, 0.3) is 0 Å². The first kappa shape index (κ1) is 31.2. The average Bonchev–Trinajstić information content (AvgIpc) is 3.48. The van der Waals surface area contributed by atoms with Crippen molar-refractivity contribution in [3.05, 3.63) is 108 Å². The van der Waals surface area contributed by atoms with Crippen molar-refractivity contribution < 1.29 is 48.1 Å². The van der Waals surface area contributed by atoms with Gasteiger partial charge < -0.3 is 24.8 Å². The first-order chi connectivity index (χ1) is 16.0. The second kappa shape index (κ2) is 16.0. The third kappa shape index (κ3) is 9.61. The van der Waals surface area contributed by atoms with Crippen molar-refractivity contribution in [2.75, 3.05) is 0 Å². The molecule has 0 atom stereocenters. The van der Waals surface area contributed by atoms with E-state index in [-0.39, 0.29) is 30.2 Å². The van der Waals surface area contributed by atoms with Crippen molar-refractivity contribution in [2.45, 2.75) is 33.4 Å². The molecule has 0 saturated carbocycles. The molecule has 0 fully saturated rings. The number of benzene rings is 1. The molecule has 0 amide bonds. The fourth-order valence-electron chi connectivity index (χ4n) is 3.47. The van der Waals surface area contributed by atoms with Crippen LogP contribution in [0.5, 0.6) is 0 Å². The van der Waals surface area contributed by atoms with Crippen LogP contribution in [0, 0.1) is 6.92 Å². The van der Waals surface area contributed by atoms with Gasteiger partial charge in [0.05, 0.1) is 11.4 Å². The molecule has 2 heterocycles. The van der Waals surface area contributed by atoms with Gasteiger partial charge in [-0.1, -0.05) is 32.0 Å². The molecule has 0 aliphatic carbocycles. The third-order valence-electron chi connectivity index (χ3n) is 5.02. The van der Waals surface area contributed by atoms with E-state index < -0.39 is 0 Å². The summed E-state index contributed by atoms with van der Waals surface area (Å²) in [6, 6.07) is 29.3. The number of hydrogen-bond acceptors (Lipinski definition) is 2. The van der Waals surface area contributed by atoms with Crippen molar-refractivity contribution in [1.82, 2.24) is 9.97 Å². The zero-order chi connectivity index (χ0) is 23.6. The van der Waals surface area contributed by atoms with Crippen LogP contribution < -0.4 is 24.8 Å². The Morgan fingerprint density at radius 2 is 1.43 bits per heavy atom. The predicted octanol–water partition coefficient (Wildman–Crippen LogP) is 1.75. The fraction of sp³-hybridized carbons (Fsp3) is 0.172. The third-order valence-corrected chi connectivity index (χ3v) is 5.02. The normalized spacial score (nSPS) is 9.54. The van der Waals surface area contributed by atoms with E-state index >= 15 is 0 Å². The van der Waals surface area contributed by atoms with E-state index in [1.54, 1.807) is 23.3 Å². The van der Waals surface area contributed by atoms with Crippen LogP contribution in [0.15, 0.2) is 97.3 Å². The van der Waals surface area contributed by atoms with E-state index in [4.69, 9.17) is 0 Å². The van der Waals surface area contributed by atoms with Crippen LogP contribution in [0.1, 0.15) is 18.1 Å². The smallest absolute Gasteiger partial charge is 0.0860 e. The number of rotatable bonds is 3. The zero-order valence-electron chi connectivity index (χ0n) is 20.6. The van der Waals surface area contributed by atoms with E-state index in [1.807, 2.05) is 54.9 Å². The number of halogens is 2. The summed E-state index contributed by atoms with van der Waals surface area (Å²) in [5.41, 5.74) is 7.21. The Balaban J connectivity index is 0.000000432. The molecule has 0 bridgehead atoms. The van der Waals surface area contributed by atoms with E-state index in [2.05, 4.69) is 79.4 Å². The summed E-state index contributed by atoms with van der Waals surface area (Å²) in [5.74, 6) is 0. The minimum absolute atomic E-state index is 0. The molecule has 180 valence electrons. The quantitative estimate of drug-likeness (QED) is 0.235. The standard InChI is InChI=1S/C21H17N2.C6H7.C2H6Si.2ClH.Zr/c1-2-15-11-16-13-17(20-7-3-5-9-22-20)14-19(18(16)12-15)21-8-4-6-10-23-21;1-6-4-2-3-5-6;1-3-2;;;/h3-14H,2H2,1H3;2-5H,1H3;1-2H3;2*1H;/q2*-1;;;;+2/p-2. The van der Waals surface area contributed by atoms with Gasteiger partial charge in [0.15, 0.2) is 0 Å². The SMILES string of the molecule is CCc1cc2c(-c3ccccn3)cc(-c3ccccn3)cc2[cH-]1.C[Si](C)=[Zr+2].C[c-]1cccc1.[Cl-].[Cl-]. The first-order valence-electron chi connectivity index (χ1n) is 11.2. The van der Waals surface area contributed by atoms with Gasteiger partial charge in [0.1, 0.15) is 0 Å². The van der Waals surface area contributed by atoms with Gasteiger partial charge in [-0.2, -0.15) is 23.8 Å². The number of pyridine rings is 2. The summed E-state index contributed by atoms with van der Waals surface area (Å²) < 4.78 is 0. The minimum Gasteiger partial charge on any atom is -1.00 e. The molecular formula is C29H30Cl2N2SiZr-2. The molecule has 5 rings (SSSR count). The Morgan fingerprint density at radius 3 is 1.89 bits per heavy atom. The molecule has 6 heteroatoms. The molecule has 5 aromatic rings. The maximum absolute atomic E-state index is 4.55. The van der Waals surface area contributed by atoms with Crippen molar-refractivity contribution >= 4 is 16.2 Å². The van der Waals surface area contributed by atoms with Crippen LogP contribution >= 0.6 is 0 Å². The van der Waals surface area contributed by atoms with Crippen molar-refractivity contribution in [3.63, 3.8) is 0 Å². The van der Waals surface area contributed by atoms with E-state index in [9.17, 15) is 0 Å². The van der Waals surface area contributed by atoms with E-state index in [1.165, 1.54) is 27.5 Å². The second-order valence-electron chi connectivity index (χ2n) is 8.14. The van der Waals surface area contributed by atoms with Crippen LogP contribution in [-0.4, -0.2) is 15.4 Å². The van der Waals surface area contributed by atoms with Crippen LogP contribution in [0.2, 0.25) is 13.1 Å².